The Hall–Kier alpha value is -5.65. The number of hydrogen-bond acceptors (Lipinski definition) is 0. The van der Waals surface area contributed by atoms with E-state index >= 15 is 0 Å². The third-order valence-corrected chi connectivity index (χ3v) is 28.6. The van der Waals surface area contributed by atoms with Gasteiger partial charge in [-0.3, -0.25) is 0 Å². The van der Waals surface area contributed by atoms with E-state index in [0.717, 1.165) is 25.7 Å². The lowest BCUT2D eigenvalue weighted by Gasteiger charge is -2.24. The van der Waals surface area contributed by atoms with Gasteiger partial charge in [-0.25, -0.2) is 18.3 Å². The Balaban J connectivity index is 0.000000243. The molecule has 4 aromatic heterocycles. The summed E-state index contributed by atoms with van der Waals surface area (Å²) in [5.41, 5.74) is 28.3. The van der Waals surface area contributed by atoms with Gasteiger partial charge in [0.1, 0.15) is 28.2 Å². The summed E-state index contributed by atoms with van der Waals surface area (Å²) in [4.78, 5) is 0. The normalized spacial score (nSPS) is 12.3. The van der Waals surface area contributed by atoms with Crippen molar-refractivity contribution in [1.29, 1.82) is 0 Å². The molecule has 0 saturated carbocycles. The van der Waals surface area contributed by atoms with E-state index in [2.05, 4.69) is 385 Å². The third kappa shape index (κ3) is 23.7. The topological polar surface area (TPSA) is 15.5 Å². The van der Waals surface area contributed by atoms with Gasteiger partial charge in [-0.15, -0.1) is 0 Å². The Morgan fingerprint density at radius 2 is 0.693 bits per heavy atom. The van der Waals surface area contributed by atoms with Crippen LogP contribution in [0.5, 0.6) is 0 Å². The molecule has 0 amide bonds. The Morgan fingerprint density at radius 1 is 0.347 bits per heavy atom. The summed E-state index contributed by atoms with van der Waals surface area (Å²) >= 11 is 0. The summed E-state index contributed by atoms with van der Waals surface area (Å²) in [7, 11) is 3.36. The molecular weight excluding hydrogens is 1290 g/mol. The Morgan fingerprint density at radius 3 is 1.02 bits per heavy atom. The van der Waals surface area contributed by atoms with Crippen molar-refractivity contribution >= 4 is 53.0 Å². The molecule has 0 saturated heterocycles. The van der Waals surface area contributed by atoms with Gasteiger partial charge >= 0.3 is 0 Å². The van der Waals surface area contributed by atoms with Gasteiger partial charge in [-0.2, -0.15) is 0 Å². The van der Waals surface area contributed by atoms with Gasteiger partial charge in [0.15, 0.2) is 24.8 Å². The minimum Gasteiger partial charge on any atom is -0.201 e. The maximum atomic E-state index is 2.49. The van der Waals surface area contributed by atoms with Gasteiger partial charge in [0.2, 0.25) is 22.8 Å². The molecule has 8 heteroatoms. The molecule has 0 unspecified atom stereocenters. The zero-order valence-electron chi connectivity index (χ0n) is 71.5. The molecule has 0 aliphatic heterocycles. The van der Waals surface area contributed by atoms with Gasteiger partial charge in [-0.05, 0) is 200 Å². The fourth-order valence-corrected chi connectivity index (χ4v) is 21.6. The molecule has 4 nitrogen and oxygen atoms in total. The lowest BCUT2D eigenvalue weighted by molar-refractivity contribution is -0.659. The zero-order chi connectivity index (χ0) is 76.5. The van der Waals surface area contributed by atoms with E-state index in [4.69, 9.17) is 0 Å². The predicted molar refractivity (Wildman–Crippen MR) is 458 cm³/mol. The molecule has 8 aromatic rings. The largest absolute Gasteiger partial charge is 0.212 e. The minimum atomic E-state index is -1.37. The van der Waals surface area contributed by atoms with Crippen molar-refractivity contribution in [2.45, 2.75) is 273 Å². The first-order valence-corrected chi connectivity index (χ1v) is 53.0. The number of benzene rings is 4. The molecule has 0 bridgehead atoms. The zero-order valence-corrected chi connectivity index (χ0v) is 75.5. The number of nitrogens with zero attached hydrogens (tertiary/aromatic N) is 4. The molecule has 0 atom stereocenters. The van der Waals surface area contributed by atoms with E-state index in [-0.39, 0.29) is 5.41 Å². The van der Waals surface area contributed by atoms with Crippen molar-refractivity contribution in [3.05, 3.63) is 189 Å². The van der Waals surface area contributed by atoms with Crippen LogP contribution >= 0.6 is 0 Å². The molecule has 8 rings (SSSR count). The molecule has 0 aliphatic rings. The molecule has 101 heavy (non-hydrogen) atoms. The Labute approximate surface area is 625 Å². The first-order chi connectivity index (χ1) is 46.5. The number of aryl methyl sites for hydroxylation is 9. The quantitative estimate of drug-likeness (QED) is 0.0534. The summed E-state index contributed by atoms with van der Waals surface area (Å²) in [5.74, 6) is 3.98. The average Bonchev–Trinajstić information content (AvgIpc) is 0.780. The molecular formula is C93H146N4Si4+4. The number of hydrogen-bond donors (Lipinski definition) is 0. The van der Waals surface area contributed by atoms with Crippen LogP contribution in [0.3, 0.4) is 0 Å². The highest BCUT2D eigenvalue weighted by atomic mass is 28.3. The van der Waals surface area contributed by atoms with Crippen molar-refractivity contribution in [3.63, 3.8) is 0 Å². The van der Waals surface area contributed by atoms with Crippen LogP contribution in [0.4, 0.5) is 0 Å². The van der Waals surface area contributed by atoms with Crippen LogP contribution < -0.4 is 39.0 Å². The van der Waals surface area contributed by atoms with Crippen molar-refractivity contribution in [3.8, 4) is 45.0 Å². The van der Waals surface area contributed by atoms with Crippen LogP contribution in [-0.4, -0.2) is 32.3 Å². The minimum absolute atomic E-state index is 0.190. The monoisotopic (exact) mass is 1430 g/mol. The molecule has 4 heterocycles. The standard InChI is InChI=1S/2C24H38NSi.C23H36NSi.C22H34NSi/c1-17(2)13-19-15-22(25(7)16-23(19)26(8,9)10)21-12-11-20(14-18(21)3)24(4,5)6;1-17(2)12-20-10-11-22(19(5)14-20)23-15-21(13-18(3)4)24(16-25(23)6)26(7,8)9;1-16(2)12-20-14-22(24(6)15-23(20)25(7,8)9)21-11-10-19(17(3)4)13-18(21)5;1-9-18(10-2)20-14-21(19-13-16(3)11-12-17(19)4)23(5)15-22(20)24(6,7)8/h11-12,14-17H,13H2,1-10H3;10-11,14-18H,12-13H2,1-9H3;10-11,13-17H,12H2,1-9H3;11-15,18H,9-10H2,1-8H3/q4*+1. The van der Waals surface area contributed by atoms with Crippen LogP contribution in [0.2, 0.25) is 78.6 Å². The van der Waals surface area contributed by atoms with Crippen LogP contribution in [0.25, 0.3) is 45.0 Å². The molecule has 0 N–H and O–H groups in total. The third-order valence-electron chi connectivity index (χ3n) is 20.4. The molecule has 0 spiro atoms. The lowest BCUT2D eigenvalue weighted by atomic mass is 9.85. The number of pyridine rings is 4. The Bertz CT molecular complexity index is 4080. The molecule has 4 aromatic carbocycles. The Kier molecular flexibility index (Phi) is 30.2. The van der Waals surface area contributed by atoms with E-state index in [1.165, 1.54) is 102 Å². The highest BCUT2D eigenvalue weighted by Crippen LogP contribution is 2.33. The van der Waals surface area contributed by atoms with Crippen LogP contribution in [0, 0.1) is 58.3 Å². The van der Waals surface area contributed by atoms with Gasteiger partial charge in [0, 0.05) is 67.3 Å². The van der Waals surface area contributed by atoms with Crippen molar-refractivity contribution in [2.75, 3.05) is 0 Å². The van der Waals surface area contributed by atoms with E-state index in [1.807, 2.05) is 0 Å². The maximum absolute atomic E-state index is 2.49. The SMILES string of the molecule is CCC(CC)c1cc(-c2cc(C)ccc2C)[n+](C)cc1[Si](C)(C)C.Cc1cc(C(C)(C)C)ccc1-c1cc(CC(C)C)c([Si](C)(C)C)c[n+]1C.Cc1cc(C(C)C)ccc1-c1cc(CC(C)C)c([Si](C)(C)C)c[n+]1C.Cc1cc(CC(C)C)ccc1-c1cc(CC(C)C)c([Si](C)(C)C)c[n+]1C. The molecule has 550 valence electrons. The summed E-state index contributed by atoms with van der Waals surface area (Å²) in [6, 6.07) is 37.6. The van der Waals surface area contributed by atoms with E-state index in [1.54, 1.807) is 43.0 Å². The van der Waals surface area contributed by atoms with E-state index in [0.29, 0.717) is 35.5 Å². The van der Waals surface area contributed by atoms with E-state index < -0.39 is 32.3 Å². The van der Waals surface area contributed by atoms with Crippen molar-refractivity contribution in [1.82, 2.24) is 0 Å². The predicted octanol–water partition coefficient (Wildman–Crippen LogP) is 21.6. The summed E-state index contributed by atoms with van der Waals surface area (Å²) < 4.78 is 9.38. The van der Waals surface area contributed by atoms with Gasteiger partial charge < -0.3 is 0 Å². The highest BCUT2D eigenvalue weighted by Gasteiger charge is 2.32. The fraction of sp³-hybridized carbons (Fsp3) is 0.527. The van der Waals surface area contributed by atoms with Crippen molar-refractivity contribution in [2.24, 2.45) is 51.9 Å². The van der Waals surface area contributed by atoms with Crippen molar-refractivity contribution < 1.29 is 18.3 Å². The fourth-order valence-electron chi connectivity index (χ4n) is 14.7. The van der Waals surface area contributed by atoms with Gasteiger partial charge in [0.25, 0.3) is 0 Å². The van der Waals surface area contributed by atoms with Crippen LogP contribution in [0.1, 0.15) is 195 Å². The second-order valence-electron chi connectivity index (χ2n) is 37.6. The number of rotatable bonds is 20. The average molecular weight is 1430 g/mol. The second-order valence-corrected chi connectivity index (χ2v) is 57.8. The van der Waals surface area contributed by atoms with E-state index in [9.17, 15) is 0 Å². The summed E-state index contributed by atoms with van der Waals surface area (Å²) in [6.07, 6.45) is 16.7. The first kappa shape index (κ1) is 86.0. The van der Waals surface area contributed by atoms with Gasteiger partial charge in [0.05, 0.1) is 32.3 Å². The summed E-state index contributed by atoms with van der Waals surface area (Å²) in [5, 5.41) is 6.42. The molecule has 0 fully saturated rings. The summed E-state index contributed by atoms with van der Waals surface area (Å²) in [6.45, 7) is 75.2. The second kappa shape index (κ2) is 35.4. The smallest absolute Gasteiger partial charge is 0.201 e. The lowest BCUT2D eigenvalue weighted by Crippen LogP contribution is -2.47. The first-order valence-electron chi connectivity index (χ1n) is 39.0. The van der Waals surface area contributed by atoms with Crippen LogP contribution in [0.15, 0.2) is 122 Å². The molecule has 0 aliphatic carbocycles. The highest BCUT2D eigenvalue weighted by molar-refractivity contribution is 6.90. The van der Waals surface area contributed by atoms with Gasteiger partial charge in [-0.1, -0.05) is 237 Å². The maximum Gasteiger partial charge on any atom is 0.212 e. The number of aromatic nitrogens is 4. The van der Waals surface area contributed by atoms with Crippen LogP contribution in [-0.2, 0) is 59.3 Å². The molecule has 0 radical (unpaired) electrons.